The molecule has 5 nitrogen and oxygen atoms in total. The molecule has 0 amide bonds. The van der Waals surface area contributed by atoms with E-state index in [9.17, 15) is 21.4 Å². The molecule has 0 aliphatic rings. The smallest absolute Gasteiger partial charge is 0.748 e. The van der Waals surface area contributed by atoms with Crippen LogP contribution in [0.2, 0.25) is 0 Å². The molecule has 0 radical (unpaired) electrons. The van der Waals surface area contributed by atoms with Crippen molar-refractivity contribution in [1.82, 2.24) is 0 Å². The molecule has 9 heteroatoms. The molecule has 14 heavy (non-hydrogen) atoms. The topological polar surface area (TPSA) is 91.3 Å². The largest absolute Gasteiger partial charge is 1.00 e. The molecule has 0 aromatic heterocycles. The van der Waals surface area contributed by atoms with Gasteiger partial charge in [-0.05, 0) is 23.6 Å². The van der Waals surface area contributed by atoms with Gasteiger partial charge in [0.05, 0.1) is 10.1 Å². The number of hydrogen-bond donors (Lipinski definition) is 0. The van der Waals surface area contributed by atoms with E-state index in [0.717, 1.165) is 17.0 Å². The van der Waals surface area contributed by atoms with Crippen LogP contribution in [0.3, 0.4) is 0 Å². The molecule has 0 aliphatic heterocycles. The van der Waals surface area contributed by atoms with Crippen LogP contribution in [0.25, 0.3) is 0 Å². The molecular weight excluding hydrogens is 259 g/mol. The maximum atomic E-state index is 10.6. The van der Waals surface area contributed by atoms with Crippen molar-refractivity contribution in [2.24, 2.45) is 0 Å². The van der Waals surface area contributed by atoms with Crippen LogP contribution in [-0.4, -0.2) is 39.1 Å². The Hall–Kier alpha value is 1.21. The first-order valence-corrected chi connectivity index (χ1v) is 8.46. The molecule has 0 fully saturated rings. The molecule has 0 aliphatic carbocycles. The second-order valence-corrected chi connectivity index (χ2v) is 8.59. The van der Waals surface area contributed by atoms with Crippen LogP contribution in [0.5, 0.6) is 0 Å². The summed E-state index contributed by atoms with van der Waals surface area (Å²) >= 11 is 0. The summed E-state index contributed by atoms with van der Waals surface area (Å²) in [6.07, 6.45) is 1.72. The van der Waals surface area contributed by atoms with Crippen LogP contribution in [0.4, 0.5) is 0 Å². The second kappa shape index (κ2) is 7.48. The van der Waals surface area contributed by atoms with Crippen molar-refractivity contribution in [3.05, 3.63) is 0 Å². The van der Waals surface area contributed by atoms with Gasteiger partial charge in [-0.2, -0.15) is 0 Å². The van der Waals surface area contributed by atoms with Crippen LogP contribution in [0.1, 0.15) is 12.8 Å². The third-order valence-corrected chi connectivity index (χ3v) is 4.54. The van der Waals surface area contributed by atoms with Crippen molar-refractivity contribution in [3.8, 4) is 0 Å². The number of unbranched alkanes of at least 4 members (excludes halogenated alkanes) is 1. The van der Waals surface area contributed by atoms with Gasteiger partial charge in [0, 0.05) is 17.8 Å². The zero-order chi connectivity index (χ0) is 10.5. The first-order valence-electron chi connectivity index (χ1n) is 3.49. The molecule has 0 N–H and O–H groups in total. The standard InChI is InChI=1S/C5H12O5S3.Na/c1-12(6,7)11-4-2-3-5-13(8,9)10;/h2-5H2,1H3,(H,8,9,10);/q;+1/p-1. The van der Waals surface area contributed by atoms with Gasteiger partial charge in [-0.25, -0.2) is 16.8 Å². The minimum Gasteiger partial charge on any atom is -0.748 e. The van der Waals surface area contributed by atoms with Gasteiger partial charge < -0.3 is 4.55 Å². The van der Waals surface area contributed by atoms with E-state index in [0.29, 0.717) is 12.2 Å². The van der Waals surface area contributed by atoms with E-state index >= 15 is 0 Å². The summed E-state index contributed by atoms with van der Waals surface area (Å²) in [6.45, 7) is 0. The van der Waals surface area contributed by atoms with Crippen LogP contribution in [0.15, 0.2) is 0 Å². The Balaban J connectivity index is 0. The summed E-state index contributed by atoms with van der Waals surface area (Å²) in [5.74, 6) is -0.0916. The van der Waals surface area contributed by atoms with Crippen molar-refractivity contribution >= 4 is 29.8 Å². The molecule has 80 valence electrons. The quantitative estimate of drug-likeness (QED) is 0.221. The Bertz CT molecular complexity index is 298. The summed E-state index contributed by atoms with van der Waals surface area (Å²) in [6, 6.07) is 0. The van der Waals surface area contributed by atoms with Crippen LogP contribution >= 0.6 is 10.8 Å². The Morgan fingerprint density at radius 3 is 2.00 bits per heavy atom. The molecule has 0 unspecified atom stereocenters. The van der Waals surface area contributed by atoms with E-state index in [-0.39, 0.29) is 36.0 Å². The van der Waals surface area contributed by atoms with Gasteiger partial charge >= 0.3 is 29.6 Å². The first-order chi connectivity index (χ1) is 5.71. The van der Waals surface area contributed by atoms with Crippen LogP contribution in [-0.2, 0) is 19.0 Å². The Labute approximate surface area is 110 Å². The molecule has 0 saturated heterocycles. The monoisotopic (exact) mass is 270 g/mol. The molecule has 0 atom stereocenters. The zero-order valence-corrected chi connectivity index (χ0v) is 12.5. The zero-order valence-electron chi connectivity index (χ0n) is 8.09. The fourth-order valence-corrected chi connectivity index (χ4v) is 3.04. The molecule has 0 heterocycles. The maximum absolute atomic E-state index is 10.6. The maximum Gasteiger partial charge on any atom is 1.00 e. The van der Waals surface area contributed by atoms with Crippen molar-refractivity contribution in [1.29, 1.82) is 0 Å². The third-order valence-electron chi connectivity index (χ3n) is 1.09. The van der Waals surface area contributed by atoms with Crippen molar-refractivity contribution < 1.29 is 50.9 Å². The Kier molecular flexibility index (Phi) is 9.40. The van der Waals surface area contributed by atoms with E-state index < -0.39 is 24.7 Å². The van der Waals surface area contributed by atoms with E-state index in [1.165, 1.54) is 0 Å². The van der Waals surface area contributed by atoms with Gasteiger partial charge in [-0.1, -0.05) is 0 Å². The second-order valence-electron chi connectivity index (χ2n) is 2.50. The third kappa shape index (κ3) is 15.7. The van der Waals surface area contributed by atoms with Gasteiger partial charge in [-0.3, -0.25) is 0 Å². The molecule has 0 saturated carbocycles. The fourth-order valence-electron chi connectivity index (χ4n) is 0.591. The predicted molar refractivity (Wildman–Crippen MR) is 51.1 cm³/mol. The van der Waals surface area contributed by atoms with E-state index in [1.54, 1.807) is 0 Å². The molecule has 0 aromatic rings. The van der Waals surface area contributed by atoms with Gasteiger partial charge in [0.25, 0.3) is 0 Å². The van der Waals surface area contributed by atoms with E-state index in [4.69, 9.17) is 0 Å². The average Bonchev–Trinajstić information content (AvgIpc) is 1.81. The molecular formula is C5H11NaO5S3. The van der Waals surface area contributed by atoms with Crippen LogP contribution < -0.4 is 29.6 Å². The van der Waals surface area contributed by atoms with Crippen molar-refractivity contribution in [3.63, 3.8) is 0 Å². The van der Waals surface area contributed by atoms with E-state index in [1.807, 2.05) is 0 Å². The number of hydrogen-bond acceptors (Lipinski definition) is 6. The molecule has 0 aromatic carbocycles. The normalized spacial score (nSPS) is 12.1. The van der Waals surface area contributed by atoms with Gasteiger partial charge in [0.15, 0.2) is 8.87 Å². The summed E-state index contributed by atoms with van der Waals surface area (Å²) in [5.41, 5.74) is 0. The Morgan fingerprint density at radius 2 is 1.64 bits per heavy atom. The van der Waals surface area contributed by atoms with Crippen LogP contribution in [0, 0.1) is 0 Å². The minimum absolute atomic E-state index is 0. The molecule has 0 bridgehead atoms. The van der Waals surface area contributed by atoms with Gasteiger partial charge in [0.1, 0.15) is 0 Å². The summed E-state index contributed by atoms with van der Waals surface area (Å²) < 4.78 is 51.5. The van der Waals surface area contributed by atoms with Gasteiger partial charge in [-0.15, -0.1) is 0 Å². The van der Waals surface area contributed by atoms with Gasteiger partial charge in [0.2, 0.25) is 0 Å². The summed E-state index contributed by atoms with van der Waals surface area (Å²) in [4.78, 5) is 0. The number of rotatable bonds is 6. The van der Waals surface area contributed by atoms with Crippen molar-refractivity contribution in [2.75, 3.05) is 17.8 Å². The van der Waals surface area contributed by atoms with E-state index in [2.05, 4.69) is 0 Å². The summed E-state index contributed by atoms with van der Waals surface area (Å²) in [7, 11) is -6.44. The fraction of sp³-hybridized carbons (Fsp3) is 1.00. The average molecular weight is 270 g/mol. The molecule has 0 rings (SSSR count). The SMILES string of the molecule is CS(=O)(=O)SCCCCS(=O)(=O)[O-].[Na+]. The summed E-state index contributed by atoms with van der Waals surface area (Å²) in [5, 5.41) is 0. The van der Waals surface area contributed by atoms with Crippen molar-refractivity contribution in [2.45, 2.75) is 12.8 Å². The molecule has 0 spiro atoms. The minimum atomic E-state index is -4.15. The first kappa shape index (κ1) is 17.6. The predicted octanol–water partition coefficient (Wildman–Crippen LogP) is -2.99. The Morgan fingerprint density at radius 1 is 1.14 bits per heavy atom.